The molecule has 1 aliphatic carbocycles. The normalized spacial score (nSPS) is 23.6. The number of nitrogen functional groups attached to an aromatic ring is 1. The van der Waals surface area contributed by atoms with Gasteiger partial charge in [-0.2, -0.15) is 0 Å². The third kappa shape index (κ3) is 3.91. The van der Waals surface area contributed by atoms with Gasteiger partial charge in [-0.05, 0) is 68.0 Å². The number of hydrogen-bond donors (Lipinski definition) is 3. The number of nitrogens with two attached hydrogens (primary N) is 1. The maximum absolute atomic E-state index is 13.7. The molecule has 4 N–H and O–H groups in total. The van der Waals surface area contributed by atoms with Crippen LogP contribution in [0, 0.1) is 6.92 Å². The molecule has 2 aromatic carbocycles. The molecule has 3 aromatic rings. The SMILES string of the molecule is Cc1cc(Nc2cccc(N)c2)c(=O)n2c1C(=O)NC21CCC2(CC1)CN2C(=O)OCc1ccccc1. The molecule has 37 heavy (non-hydrogen) atoms. The summed E-state index contributed by atoms with van der Waals surface area (Å²) in [5, 5.41) is 6.29. The first kappa shape index (κ1) is 23.1. The summed E-state index contributed by atoms with van der Waals surface area (Å²) < 4.78 is 7.16. The molecule has 2 spiro atoms. The van der Waals surface area contributed by atoms with Crippen LogP contribution in [0.25, 0.3) is 0 Å². The Morgan fingerprint density at radius 2 is 1.81 bits per heavy atom. The van der Waals surface area contributed by atoms with Gasteiger partial charge in [0.15, 0.2) is 0 Å². The zero-order valence-electron chi connectivity index (χ0n) is 20.6. The van der Waals surface area contributed by atoms with E-state index in [-0.39, 0.29) is 29.7 Å². The number of nitrogens with zero attached hydrogens (tertiary/aromatic N) is 2. The Kier molecular flexibility index (Phi) is 5.25. The number of aromatic nitrogens is 1. The van der Waals surface area contributed by atoms with Crippen LogP contribution < -0.4 is 21.9 Å². The summed E-state index contributed by atoms with van der Waals surface area (Å²) in [4.78, 5) is 41.2. The Balaban J connectivity index is 1.21. The minimum Gasteiger partial charge on any atom is -0.445 e. The van der Waals surface area contributed by atoms with E-state index in [1.807, 2.05) is 49.4 Å². The van der Waals surface area contributed by atoms with Crippen molar-refractivity contribution in [2.45, 2.75) is 50.4 Å². The van der Waals surface area contributed by atoms with Crippen molar-refractivity contribution in [1.29, 1.82) is 0 Å². The Morgan fingerprint density at radius 3 is 2.54 bits per heavy atom. The molecule has 2 fully saturated rings. The number of rotatable bonds is 4. The summed E-state index contributed by atoms with van der Waals surface area (Å²) in [5.41, 5.74) is 8.29. The molecule has 2 aliphatic heterocycles. The zero-order valence-corrected chi connectivity index (χ0v) is 20.6. The van der Waals surface area contributed by atoms with E-state index in [0.717, 1.165) is 11.1 Å². The second-order valence-electron chi connectivity index (χ2n) is 10.3. The molecule has 1 aromatic heterocycles. The molecule has 1 saturated heterocycles. The molecule has 1 saturated carbocycles. The molecule has 0 radical (unpaired) electrons. The molecular formula is C28H29N5O4. The second-order valence-corrected chi connectivity index (χ2v) is 10.3. The van der Waals surface area contributed by atoms with Crippen molar-refractivity contribution in [3.05, 3.63) is 87.8 Å². The first-order chi connectivity index (χ1) is 17.8. The van der Waals surface area contributed by atoms with E-state index >= 15 is 0 Å². The predicted molar refractivity (Wildman–Crippen MR) is 140 cm³/mol. The Morgan fingerprint density at radius 1 is 1.05 bits per heavy atom. The fraction of sp³-hybridized carbons (Fsp3) is 0.321. The molecule has 9 nitrogen and oxygen atoms in total. The van der Waals surface area contributed by atoms with Crippen LogP contribution in [-0.4, -0.2) is 33.6 Å². The van der Waals surface area contributed by atoms with Crippen LogP contribution in [0.5, 0.6) is 0 Å². The summed E-state index contributed by atoms with van der Waals surface area (Å²) in [6, 6.07) is 18.5. The van der Waals surface area contributed by atoms with Gasteiger partial charge in [0.2, 0.25) is 0 Å². The summed E-state index contributed by atoms with van der Waals surface area (Å²) >= 11 is 0. The zero-order chi connectivity index (χ0) is 25.8. The van der Waals surface area contributed by atoms with E-state index < -0.39 is 5.66 Å². The smallest absolute Gasteiger partial charge is 0.410 e. The van der Waals surface area contributed by atoms with Crippen LogP contribution in [0.1, 0.15) is 47.3 Å². The molecule has 6 rings (SSSR count). The monoisotopic (exact) mass is 499 g/mol. The highest BCUT2D eigenvalue weighted by molar-refractivity contribution is 5.97. The highest BCUT2D eigenvalue weighted by Crippen LogP contribution is 2.50. The van der Waals surface area contributed by atoms with Gasteiger partial charge in [0.25, 0.3) is 11.5 Å². The summed E-state index contributed by atoms with van der Waals surface area (Å²) in [7, 11) is 0. The second kappa shape index (κ2) is 8.40. The van der Waals surface area contributed by atoms with Crippen LogP contribution in [0.15, 0.2) is 65.5 Å². The van der Waals surface area contributed by atoms with E-state index in [9.17, 15) is 14.4 Å². The Labute approximate surface area is 214 Å². The molecule has 0 bridgehead atoms. The number of amides is 2. The maximum atomic E-state index is 13.7. The number of carbonyl (C=O) groups is 2. The lowest BCUT2D eigenvalue weighted by Gasteiger charge is -2.38. The average Bonchev–Trinajstić information content (AvgIpc) is 3.52. The quantitative estimate of drug-likeness (QED) is 0.371. The number of fused-ring (bicyclic) bond motifs is 2. The maximum Gasteiger partial charge on any atom is 0.410 e. The van der Waals surface area contributed by atoms with Gasteiger partial charge in [0.1, 0.15) is 23.7 Å². The molecular weight excluding hydrogens is 470 g/mol. The highest BCUT2D eigenvalue weighted by Gasteiger charge is 2.61. The fourth-order valence-corrected chi connectivity index (χ4v) is 5.84. The third-order valence-electron chi connectivity index (χ3n) is 7.90. The van der Waals surface area contributed by atoms with Crippen molar-refractivity contribution < 1.29 is 14.3 Å². The largest absolute Gasteiger partial charge is 0.445 e. The molecule has 190 valence electrons. The molecule has 3 heterocycles. The number of hydrogen-bond acceptors (Lipinski definition) is 6. The van der Waals surface area contributed by atoms with Crippen molar-refractivity contribution >= 4 is 29.1 Å². The van der Waals surface area contributed by atoms with E-state index in [4.69, 9.17) is 10.5 Å². The van der Waals surface area contributed by atoms with Gasteiger partial charge in [-0.15, -0.1) is 0 Å². The van der Waals surface area contributed by atoms with E-state index in [0.29, 0.717) is 55.0 Å². The Bertz CT molecular complexity index is 1460. The minimum atomic E-state index is -0.810. The van der Waals surface area contributed by atoms with Crippen LogP contribution in [-0.2, 0) is 17.0 Å². The highest BCUT2D eigenvalue weighted by atomic mass is 16.6. The lowest BCUT2D eigenvalue weighted by atomic mass is 9.81. The molecule has 3 aliphatic rings. The number of benzene rings is 2. The summed E-state index contributed by atoms with van der Waals surface area (Å²) in [6.45, 7) is 2.70. The van der Waals surface area contributed by atoms with Gasteiger partial charge in [-0.1, -0.05) is 36.4 Å². The third-order valence-corrected chi connectivity index (χ3v) is 7.90. The summed E-state index contributed by atoms with van der Waals surface area (Å²) in [5.74, 6) is -0.240. The number of ether oxygens (including phenoxy) is 1. The molecule has 9 heteroatoms. The van der Waals surface area contributed by atoms with Crippen molar-refractivity contribution in [3.63, 3.8) is 0 Å². The van der Waals surface area contributed by atoms with Gasteiger partial charge >= 0.3 is 6.09 Å². The number of pyridine rings is 1. The number of carbonyl (C=O) groups excluding carboxylic acids is 2. The Hall–Kier alpha value is -4.27. The van der Waals surface area contributed by atoms with Crippen molar-refractivity contribution in [3.8, 4) is 0 Å². The number of nitrogens with one attached hydrogen (secondary N) is 2. The van der Waals surface area contributed by atoms with Crippen LogP contribution in [0.4, 0.5) is 21.9 Å². The van der Waals surface area contributed by atoms with E-state index in [1.54, 1.807) is 27.7 Å². The average molecular weight is 500 g/mol. The topological polar surface area (TPSA) is 118 Å². The van der Waals surface area contributed by atoms with Gasteiger partial charge in [-0.25, -0.2) is 4.79 Å². The van der Waals surface area contributed by atoms with E-state index in [2.05, 4.69) is 10.6 Å². The summed E-state index contributed by atoms with van der Waals surface area (Å²) in [6.07, 6.45) is 2.12. The standard InChI is InChI=1S/C28H29N5O4/c1-18-14-22(30-21-9-5-8-20(29)15-21)25(35)33-23(18)24(34)31-28(33)12-10-27(11-13-28)17-32(27)26(36)37-16-19-6-3-2-4-7-19/h2-9,14-15,30H,10-13,16-17,29H2,1H3,(H,31,34). The fourth-order valence-electron chi connectivity index (χ4n) is 5.84. The molecule has 0 atom stereocenters. The van der Waals surface area contributed by atoms with Crippen molar-refractivity contribution in [1.82, 2.24) is 14.8 Å². The van der Waals surface area contributed by atoms with Gasteiger partial charge in [0, 0.05) is 17.9 Å². The lowest BCUT2D eigenvalue weighted by molar-refractivity contribution is 0.0799. The molecule has 0 unspecified atom stereocenters. The van der Waals surface area contributed by atoms with E-state index in [1.165, 1.54) is 0 Å². The number of aryl methyl sites for hydroxylation is 1. The van der Waals surface area contributed by atoms with Crippen LogP contribution >= 0.6 is 0 Å². The lowest BCUT2D eigenvalue weighted by Crippen LogP contribution is -2.51. The van der Waals surface area contributed by atoms with Gasteiger partial charge in [-0.3, -0.25) is 19.1 Å². The first-order valence-electron chi connectivity index (χ1n) is 12.5. The predicted octanol–water partition coefficient (Wildman–Crippen LogP) is 3.84. The number of anilines is 3. The van der Waals surface area contributed by atoms with Crippen LogP contribution in [0.3, 0.4) is 0 Å². The first-order valence-corrected chi connectivity index (χ1v) is 12.5. The van der Waals surface area contributed by atoms with Gasteiger partial charge < -0.3 is 21.1 Å². The van der Waals surface area contributed by atoms with Crippen LogP contribution in [0.2, 0.25) is 0 Å². The molecule has 2 amide bonds. The van der Waals surface area contributed by atoms with Crippen molar-refractivity contribution in [2.24, 2.45) is 0 Å². The minimum absolute atomic E-state index is 0.233. The van der Waals surface area contributed by atoms with Crippen molar-refractivity contribution in [2.75, 3.05) is 17.6 Å². The van der Waals surface area contributed by atoms with Gasteiger partial charge in [0.05, 0.1) is 5.54 Å².